The van der Waals surface area contributed by atoms with Crippen LogP contribution in [0.3, 0.4) is 0 Å². The van der Waals surface area contributed by atoms with Crippen LogP contribution in [0.2, 0.25) is 0 Å². The summed E-state index contributed by atoms with van der Waals surface area (Å²) < 4.78 is 5.61. The molecule has 0 saturated carbocycles. The highest BCUT2D eigenvalue weighted by molar-refractivity contribution is 6.04. The number of carbonyl (C=O) groups is 2. The molecule has 2 N–H and O–H groups in total. The molecule has 4 heterocycles. The molecule has 3 amide bonds. The van der Waals surface area contributed by atoms with Gasteiger partial charge in [0.05, 0.1) is 5.69 Å². The molecule has 1 aliphatic rings. The fourth-order valence-corrected chi connectivity index (χ4v) is 2.38. The number of amides is 3. The fraction of sp³-hybridized carbons (Fsp3) is 0.0667. The first-order valence-electron chi connectivity index (χ1n) is 6.63. The third kappa shape index (κ3) is 1.99. The number of hydrogen-bond acceptors (Lipinski definition) is 5. The SMILES string of the molecule is O=C1NC(=O)C(c2cc3nc(-c4cccnc4)ccc3o2)N1. The molecule has 0 aromatic carbocycles. The molecule has 4 rings (SSSR count). The third-order valence-corrected chi connectivity index (χ3v) is 3.41. The van der Waals surface area contributed by atoms with E-state index in [4.69, 9.17) is 4.42 Å². The first-order valence-corrected chi connectivity index (χ1v) is 6.63. The lowest BCUT2D eigenvalue weighted by Gasteiger charge is -2.00. The predicted molar refractivity (Wildman–Crippen MR) is 76.7 cm³/mol. The molecule has 0 bridgehead atoms. The van der Waals surface area contributed by atoms with Crippen LogP contribution in [0.25, 0.3) is 22.4 Å². The monoisotopic (exact) mass is 294 g/mol. The van der Waals surface area contributed by atoms with Crippen molar-refractivity contribution < 1.29 is 14.0 Å². The van der Waals surface area contributed by atoms with Crippen LogP contribution in [0, 0.1) is 0 Å². The van der Waals surface area contributed by atoms with Crippen LogP contribution in [-0.4, -0.2) is 21.9 Å². The largest absolute Gasteiger partial charge is 0.457 e. The van der Waals surface area contributed by atoms with E-state index in [0.717, 1.165) is 11.3 Å². The zero-order valence-corrected chi connectivity index (χ0v) is 11.2. The van der Waals surface area contributed by atoms with Crippen LogP contribution in [0.4, 0.5) is 4.79 Å². The van der Waals surface area contributed by atoms with Crippen LogP contribution in [0.15, 0.2) is 47.1 Å². The molecule has 1 atom stereocenters. The number of nitrogens with zero attached hydrogens (tertiary/aromatic N) is 2. The maximum Gasteiger partial charge on any atom is 0.322 e. The Bertz CT molecular complexity index is 888. The van der Waals surface area contributed by atoms with Crippen LogP contribution >= 0.6 is 0 Å². The highest BCUT2D eigenvalue weighted by atomic mass is 16.3. The quantitative estimate of drug-likeness (QED) is 0.702. The fourth-order valence-electron chi connectivity index (χ4n) is 2.38. The average Bonchev–Trinajstić information content (AvgIpc) is 3.09. The third-order valence-electron chi connectivity index (χ3n) is 3.41. The molecule has 0 spiro atoms. The second-order valence-electron chi connectivity index (χ2n) is 4.87. The summed E-state index contributed by atoms with van der Waals surface area (Å²) in [6.45, 7) is 0. The van der Waals surface area contributed by atoms with Crippen molar-refractivity contribution in [3.8, 4) is 11.3 Å². The van der Waals surface area contributed by atoms with Gasteiger partial charge in [-0.15, -0.1) is 0 Å². The van der Waals surface area contributed by atoms with Crippen molar-refractivity contribution in [3.63, 3.8) is 0 Å². The second kappa shape index (κ2) is 4.66. The van der Waals surface area contributed by atoms with Crippen LogP contribution in [0.1, 0.15) is 11.8 Å². The van der Waals surface area contributed by atoms with E-state index in [-0.39, 0.29) is 0 Å². The lowest BCUT2D eigenvalue weighted by atomic mass is 10.2. The van der Waals surface area contributed by atoms with E-state index < -0.39 is 18.0 Å². The number of urea groups is 1. The molecule has 7 nitrogen and oxygen atoms in total. The van der Waals surface area contributed by atoms with Gasteiger partial charge in [0, 0.05) is 24.0 Å². The summed E-state index contributed by atoms with van der Waals surface area (Å²) in [5.74, 6) is -0.0780. The first-order chi connectivity index (χ1) is 10.7. The summed E-state index contributed by atoms with van der Waals surface area (Å²) >= 11 is 0. The first kappa shape index (κ1) is 12.5. The highest BCUT2D eigenvalue weighted by Gasteiger charge is 2.33. The maximum atomic E-state index is 11.7. The Labute approximate surface area is 124 Å². The minimum Gasteiger partial charge on any atom is -0.457 e. The summed E-state index contributed by atoms with van der Waals surface area (Å²) in [6, 6.07) is 7.66. The summed E-state index contributed by atoms with van der Waals surface area (Å²) in [5.41, 5.74) is 2.81. The number of carbonyl (C=O) groups excluding carboxylic acids is 2. The molecular formula is C15H10N4O3. The molecule has 0 aliphatic carbocycles. The van der Waals surface area contributed by atoms with Gasteiger partial charge in [0.15, 0.2) is 11.6 Å². The Balaban J connectivity index is 1.76. The standard InChI is InChI=1S/C15H10N4O3/c20-14-13(18-15(21)19-14)12-6-10-11(22-12)4-3-9(17-10)8-2-1-5-16-7-8/h1-7,13H,(H2,18,19,20,21). The summed E-state index contributed by atoms with van der Waals surface area (Å²) in [6.07, 6.45) is 3.42. The van der Waals surface area contributed by atoms with Crippen molar-refractivity contribution in [1.29, 1.82) is 0 Å². The Morgan fingerprint density at radius 1 is 1.18 bits per heavy atom. The van der Waals surface area contributed by atoms with Crippen LogP contribution in [-0.2, 0) is 4.79 Å². The Morgan fingerprint density at radius 2 is 2.09 bits per heavy atom. The van der Waals surface area contributed by atoms with Gasteiger partial charge in [-0.2, -0.15) is 0 Å². The number of hydrogen-bond donors (Lipinski definition) is 2. The molecule has 3 aromatic rings. The Kier molecular flexibility index (Phi) is 2.65. The van der Waals surface area contributed by atoms with E-state index in [9.17, 15) is 9.59 Å². The molecule has 1 fully saturated rings. The summed E-state index contributed by atoms with van der Waals surface area (Å²) in [4.78, 5) is 31.4. The van der Waals surface area contributed by atoms with Gasteiger partial charge in [0.1, 0.15) is 11.3 Å². The molecule has 1 saturated heterocycles. The molecule has 0 radical (unpaired) electrons. The van der Waals surface area contributed by atoms with E-state index in [1.807, 2.05) is 18.2 Å². The summed E-state index contributed by atoms with van der Waals surface area (Å²) in [7, 11) is 0. The van der Waals surface area contributed by atoms with Gasteiger partial charge in [-0.25, -0.2) is 9.78 Å². The number of rotatable bonds is 2. The van der Waals surface area contributed by atoms with E-state index >= 15 is 0 Å². The smallest absolute Gasteiger partial charge is 0.322 e. The normalized spacial score (nSPS) is 17.5. The van der Waals surface area contributed by atoms with Gasteiger partial charge in [-0.05, 0) is 24.3 Å². The van der Waals surface area contributed by atoms with E-state index in [2.05, 4.69) is 20.6 Å². The van der Waals surface area contributed by atoms with Crippen molar-refractivity contribution in [2.75, 3.05) is 0 Å². The predicted octanol–water partition coefficient (Wildman–Crippen LogP) is 1.77. The van der Waals surface area contributed by atoms with Gasteiger partial charge in [0.25, 0.3) is 5.91 Å². The number of nitrogens with one attached hydrogen (secondary N) is 2. The van der Waals surface area contributed by atoms with Crippen molar-refractivity contribution in [1.82, 2.24) is 20.6 Å². The molecule has 7 heteroatoms. The number of fused-ring (bicyclic) bond motifs is 1. The Morgan fingerprint density at radius 3 is 2.82 bits per heavy atom. The van der Waals surface area contributed by atoms with E-state index in [1.54, 1.807) is 24.5 Å². The van der Waals surface area contributed by atoms with Gasteiger partial charge >= 0.3 is 6.03 Å². The zero-order valence-electron chi connectivity index (χ0n) is 11.2. The van der Waals surface area contributed by atoms with Crippen LogP contribution < -0.4 is 10.6 Å². The van der Waals surface area contributed by atoms with Gasteiger partial charge < -0.3 is 9.73 Å². The topological polar surface area (TPSA) is 97.1 Å². The van der Waals surface area contributed by atoms with Gasteiger partial charge in [-0.1, -0.05) is 0 Å². The summed E-state index contributed by atoms with van der Waals surface area (Å²) in [5, 5.41) is 4.67. The zero-order chi connectivity index (χ0) is 15.1. The van der Waals surface area contributed by atoms with Gasteiger partial charge in [-0.3, -0.25) is 15.1 Å². The Hall–Kier alpha value is -3.22. The number of furan rings is 1. The van der Waals surface area contributed by atoms with Crippen molar-refractivity contribution in [3.05, 3.63) is 48.5 Å². The molecule has 108 valence electrons. The number of aromatic nitrogens is 2. The molecule has 1 aliphatic heterocycles. The second-order valence-corrected chi connectivity index (χ2v) is 4.87. The molecule has 22 heavy (non-hydrogen) atoms. The molecular weight excluding hydrogens is 284 g/mol. The van der Waals surface area contributed by atoms with Gasteiger partial charge in [0.2, 0.25) is 0 Å². The lowest BCUT2D eigenvalue weighted by molar-refractivity contribution is -0.120. The molecule has 1 unspecified atom stereocenters. The van der Waals surface area contributed by atoms with Crippen LogP contribution in [0.5, 0.6) is 0 Å². The minimum atomic E-state index is -0.816. The highest BCUT2D eigenvalue weighted by Crippen LogP contribution is 2.27. The van der Waals surface area contributed by atoms with Crippen molar-refractivity contribution in [2.24, 2.45) is 0 Å². The van der Waals surface area contributed by atoms with E-state index in [0.29, 0.717) is 16.9 Å². The maximum absolute atomic E-state index is 11.7. The number of imide groups is 1. The lowest BCUT2D eigenvalue weighted by Crippen LogP contribution is -2.22. The minimum absolute atomic E-state index is 0.356. The average molecular weight is 294 g/mol. The number of pyridine rings is 2. The van der Waals surface area contributed by atoms with Crippen molar-refractivity contribution in [2.45, 2.75) is 6.04 Å². The molecule has 3 aromatic heterocycles. The van der Waals surface area contributed by atoms with E-state index in [1.165, 1.54) is 0 Å². The van der Waals surface area contributed by atoms with Crippen molar-refractivity contribution >= 4 is 23.0 Å².